The van der Waals surface area contributed by atoms with E-state index in [4.69, 9.17) is 9.47 Å². The number of phenolic OH excluding ortho intramolecular Hbond substituents is 1. The molecule has 2 atom stereocenters. The van der Waals surface area contributed by atoms with Gasteiger partial charge in [-0.1, -0.05) is 29.8 Å². The van der Waals surface area contributed by atoms with E-state index in [1.165, 1.54) is 12.1 Å². The van der Waals surface area contributed by atoms with Crippen LogP contribution >= 0.6 is 0 Å². The first-order valence-electron chi connectivity index (χ1n) is 9.60. The van der Waals surface area contributed by atoms with Gasteiger partial charge in [-0.05, 0) is 43.7 Å². The van der Waals surface area contributed by atoms with Crippen LogP contribution in [0.2, 0.25) is 0 Å². The molecule has 154 valence electrons. The van der Waals surface area contributed by atoms with Crippen LogP contribution in [0.3, 0.4) is 0 Å². The summed E-state index contributed by atoms with van der Waals surface area (Å²) in [5.74, 6) is -0.160. The Morgan fingerprint density at radius 1 is 1.17 bits per heavy atom. The zero-order valence-corrected chi connectivity index (χ0v) is 16.6. The summed E-state index contributed by atoms with van der Waals surface area (Å²) in [5, 5.41) is 12.1. The molecule has 0 aromatic heterocycles. The molecule has 2 N–H and O–H groups in total. The number of nitrogens with one attached hydrogen (secondary N) is 1. The van der Waals surface area contributed by atoms with Gasteiger partial charge in [0.05, 0.1) is 25.3 Å². The molecular weight excluding hydrogens is 372 g/mol. The maximum absolute atomic E-state index is 12.5. The van der Waals surface area contributed by atoms with Gasteiger partial charge >= 0.3 is 6.09 Å². The van der Waals surface area contributed by atoms with E-state index in [-0.39, 0.29) is 37.0 Å². The third kappa shape index (κ3) is 5.71. The van der Waals surface area contributed by atoms with Gasteiger partial charge in [0.2, 0.25) is 0 Å². The Bertz CT molecular complexity index is 835. The maximum Gasteiger partial charge on any atom is 0.410 e. The summed E-state index contributed by atoms with van der Waals surface area (Å²) in [6.07, 6.45) is -0.713. The first-order chi connectivity index (χ1) is 13.9. The van der Waals surface area contributed by atoms with Crippen LogP contribution < -0.4 is 5.32 Å². The highest BCUT2D eigenvalue weighted by molar-refractivity contribution is 5.94. The number of rotatable bonds is 5. The van der Waals surface area contributed by atoms with E-state index < -0.39 is 6.09 Å². The standard InChI is InChI=1S/C22H26N2O5/c1-15-3-5-17(6-4-15)14-29-22(27)24-12-20(28-13-16(24)2)11-23-21(26)18-7-9-19(25)10-8-18/h3-10,16,20,25H,11-14H2,1-2H3,(H,23,26)/t16-,20+/m0/s1. The van der Waals surface area contributed by atoms with E-state index in [2.05, 4.69) is 5.32 Å². The minimum Gasteiger partial charge on any atom is -0.508 e. The molecule has 1 aliphatic heterocycles. The lowest BCUT2D eigenvalue weighted by Gasteiger charge is -2.37. The minimum absolute atomic E-state index is 0.103. The summed E-state index contributed by atoms with van der Waals surface area (Å²) in [4.78, 5) is 26.4. The Labute approximate surface area is 170 Å². The Hall–Kier alpha value is -3.06. The van der Waals surface area contributed by atoms with E-state index in [0.29, 0.717) is 18.7 Å². The van der Waals surface area contributed by atoms with Crippen LogP contribution in [0.15, 0.2) is 48.5 Å². The molecule has 29 heavy (non-hydrogen) atoms. The Kier molecular flexibility index (Phi) is 6.72. The minimum atomic E-state index is -0.392. The van der Waals surface area contributed by atoms with Gasteiger partial charge in [0.25, 0.3) is 5.91 Å². The van der Waals surface area contributed by atoms with Crippen molar-refractivity contribution in [2.24, 2.45) is 0 Å². The van der Waals surface area contributed by atoms with E-state index in [1.54, 1.807) is 17.0 Å². The molecule has 1 heterocycles. The predicted molar refractivity (Wildman–Crippen MR) is 108 cm³/mol. The Balaban J connectivity index is 1.49. The second kappa shape index (κ2) is 9.43. The number of hydrogen-bond acceptors (Lipinski definition) is 5. The van der Waals surface area contributed by atoms with Gasteiger partial charge in [0.1, 0.15) is 12.4 Å². The molecule has 1 aliphatic rings. The van der Waals surface area contributed by atoms with E-state index in [9.17, 15) is 14.7 Å². The SMILES string of the molecule is Cc1ccc(COC(=O)N2C[C@@H](CNC(=O)c3ccc(O)cc3)OC[C@@H]2C)cc1. The third-order valence-corrected chi connectivity index (χ3v) is 4.84. The molecular formula is C22H26N2O5. The van der Waals surface area contributed by atoms with Crippen LogP contribution in [-0.4, -0.2) is 53.8 Å². The molecule has 0 saturated carbocycles. The molecule has 7 nitrogen and oxygen atoms in total. The molecule has 2 amide bonds. The Morgan fingerprint density at radius 2 is 1.86 bits per heavy atom. The first-order valence-corrected chi connectivity index (χ1v) is 9.60. The highest BCUT2D eigenvalue weighted by Crippen LogP contribution is 2.15. The summed E-state index contributed by atoms with van der Waals surface area (Å²) in [5.41, 5.74) is 2.53. The molecule has 0 aliphatic carbocycles. The van der Waals surface area contributed by atoms with E-state index in [1.807, 2.05) is 38.1 Å². The van der Waals surface area contributed by atoms with Crippen molar-refractivity contribution in [3.8, 4) is 5.75 Å². The number of nitrogens with zero attached hydrogens (tertiary/aromatic N) is 1. The number of aromatic hydroxyl groups is 1. The van der Waals surface area contributed by atoms with Gasteiger partial charge in [-0.25, -0.2) is 4.79 Å². The number of amides is 2. The fraction of sp³-hybridized carbons (Fsp3) is 0.364. The van der Waals surface area contributed by atoms with Crippen molar-refractivity contribution in [1.82, 2.24) is 10.2 Å². The van der Waals surface area contributed by atoms with Crippen molar-refractivity contribution in [1.29, 1.82) is 0 Å². The van der Waals surface area contributed by atoms with Crippen molar-refractivity contribution in [2.45, 2.75) is 32.6 Å². The largest absolute Gasteiger partial charge is 0.508 e. The summed E-state index contributed by atoms with van der Waals surface area (Å²) in [7, 11) is 0. The second-order valence-corrected chi connectivity index (χ2v) is 7.25. The quantitative estimate of drug-likeness (QED) is 0.809. The summed E-state index contributed by atoms with van der Waals surface area (Å²) >= 11 is 0. The summed E-state index contributed by atoms with van der Waals surface area (Å²) in [6.45, 7) is 5.10. The molecule has 1 fully saturated rings. The molecule has 0 bridgehead atoms. The molecule has 3 rings (SSSR count). The van der Waals surface area contributed by atoms with Crippen LogP contribution in [0.25, 0.3) is 0 Å². The average Bonchev–Trinajstić information content (AvgIpc) is 2.72. The van der Waals surface area contributed by atoms with Crippen molar-refractivity contribution >= 4 is 12.0 Å². The first kappa shape index (κ1) is 20.7. The molecule has 2 aromatic rings. The molecule has 0 spiro atoms. The van der Waals surface area contributed by atoms with Gasteiger partial charge in [-0.15, -0.1) is 0 Å². The predicted octanol–water partition coefficient (Wildman–Crippen LogP) is 2.86. The monoisotopic (exact) mass is 398 g/mol. The fourth-order valence-electron chi connectivity index (χ4n) is 3.03. The van der Waals surface area contributed by atoms with Gasteiger partial charge < -0.3 is 24.8 Å². The number of carbonyl (C=O) groups is 2. The number of carbonyl (C=O) groups excluding carboxylic acids is 2. The smallest absolute Gasteiger partial charge is 0.410 e. The lowest BCUT2D eigenvalue weighted by Crippen LogP contribution is -2.53. The van der Waals surface area contributed by atoms with Crippen molar-refractivity contribution < 1.29 is 24.2 Å². The number of phenols is 1. The second-order valence-electron chi connectivity index (χ2n) is 7.25. The van der Waals surface area contributed by atoms with Crippen LogP contribution in [0, 0.1) is 6.92 Å². The number of hydrogen-bond donors (Lipinski definition) is 2. The number of morpholine rings is 1. The van der Waals surface area contributed by atoms with Gasteiger partial charge in [0.15, 0.2) is 0 Å². The average molecular weight is 398 g/mol. The fourth-order valence-corrected chi connectivity index (χ4v) is 3.03. The van der Waals surface area contributed by atoms with Gasteiger partial charge in [-0.3, -0.25) is 4.79 Å². The Morgan fingerprint density at radius 3 is 2.55 bits per heavy atom. The molecule has 0 unspecified atom stereocenters. The number of benzene rings is 2. The van der Waals surface area contributed by atoms with E-state index >= 15 is 0 Å². The molecule has 2 aromatic carbocycles. The van der Waals surface area contributed by atoms with Crippen LogP contribution in [-0.2, 0) is 16.1 Å². The van der Waals surface area contributed by atoms with Crippen molar-refractivity contribution in [2.75, 3.05) is 19.7 Å². The maximum atomic E-state index is 12.5. The summed E-state index contributed by atoms with van der Waals surface area (Å²) in [6, 6.07) is 13.7. The van der Waals surface area contributed by atoms with Gasteiger partial charge in [0, 0.05) is 12.1 Å². The van der Waals surface area contributed by atoms with E-state index in [0.717, 1.165) is 11.1 Å². The zero-order valence-electron chi connectivity index (χ0n) is 16.6. The van der Waals surface area contributed by atoms with Crippen LogP contribution in [0.1, 0.15) is 28.4 Å². The van der Waals surface area contributed by atoms with Crippen LogP contribution in [0.5, 0.6) is 5.75 Å². The van der Waals surface area contributed by atoms with Crippen LogP contribution in [0.4, 0.5) is 4.79 Å². The zero-order chi connectivity index (χ0) is 20.8. The topological polar surface area (TPSA) is 88.1 Å². The van der Waals surface area contributed by atoms with Crippen molar-refractivity contribution in [3.63, 3.8) is 0 Å². The lowest BCUT2D eigenvalue weighted by atomic mass is 10.1. The summed E-state index contributed by atoms with van der Waals surface area (Å²) < 4.78 is 11.2. The molecule has 1 saturated heterocycles. The number of aryl methyl sites for hydroxylation is 1. The third-order valence-electron chi connectivity index (χ3n) is 4.84. The lowest BCUT2D eigenvalue weighted by molar-refractivity contribution is -0.0524. The normalized spacial score (nSPS) is 18.9. The molecule has 7 heteroatoms. The highest BCUT2D eigenvalue weighted by Gasteiger charge is 2.31. The van der Waals surface area contributed by atoms with Gasteiger partial charge in [-0.2, -0.15) is 0 Å². The highest BCUT2D eigenvalue weighted by atomic mass is 16.6. The van der Waals surface area contributed by atoms with Crippen molar-refractivity contribution in [3.05, 3.63) is 65.2 Å². The number of ether oxygens (including phenoxy) is 2. The molecule has 0 radical (unpaired) electrons.